The largest absolute Gasteiger partial charge is 0.368 e. The number of oxime groups is 2. The highest BCUT2D eigenvalue weighted by molar-refractivity contribution is 6.34. The van der Waals surface area contributed by atoms with Crippen LogP contribution >= 0.6 is 0 Å². The fourth-order valence-corrected chi connectivity index (χ4v) is 5.22. The van der Waals surface area contributed by atoms with Crippen LogP contribution in [0.3, 0.4) is 0 Å². The lowest BCUT2D eigenvalue weighted by Gasteiger charge is -2.14. The van der Waals surface area contributed by atoms with Crippen LogP contribution in [0.4, 0.5) is 0 Å². The van der Waals surface area contributed by atoms with Crippen molar-refractivity contribution in [3.8, 4) is 0 Å². The van der Waals surface area contributed by atoms with Gasteiger partial charge in [-0.2, -0.15) is 0 Å². The minimum atomic E-state index is -0.504. The fourth-order valence-electron chi connectivity index (χ4n) is 5.22. The van der Waals surface area contributed by atoms with Crippen LogP contribution in [0.2, 0.25) is 0 Å². The molecule has 5 aromatic rings. The highest BCUT2D eigenvalue weighted by Crippen LogP contribution is 2.37. The average molecular weight is 521 g/mol. The Hall–Kier alpha value is -5.62. The van der Waals surface area contributed by atoms with E-state index in [4.69, 9.17) is 9.68 Å². The first-order valence-corrected chi connectivity index (χ1v) is 12.8. The maximum absolute atomic E-state index is 12.9. The number of rotatable bonds is 4. The minimum Gasteiger partial charge on any atom is -0.312 e. The van der Waals surface area contributed by atoms with Crippen molar-refractivity contribution in [1.82, 2.24) is 0 Å². The number of fused-ring (bicyclic) bond motifs is 2. The van der Waals surface area contributed by atoms with Gasteiger partial charge in [-0.3, -0.25) is 0 Å². The molecule has 5 aromatic carbocycles. The van der Waals surface area contributed by atoms with Crippen LogP contribution in [-0.4, -0.2) is 23.4 Å². The molecule has 0 unspecified atom stereocenters. The van der Waals surface area contributed by atoms with Crippen molar-refractivity contribution in [3.05, 3.63) is 143 Å². The average Bonchev–Trinajstić information content (AvgIpc) is 3.56. The van der Waals surface area contributed by atoms with Gasteiger partial charge in [0.25, 0.3) is 0 Å². The molecule has 0 amide bonds. The van der Waals surface area contributed by atoms with Gasteiger partial charge in [-0.15, -0.1) is 0 Å². The lowest BCUT2D eigenvalue weighted by molar-refractivity contribution is -0.137. The predicted octanol–water partition coefficient (Wildman–Crippen LogP) is 6.68. The molecule has 2 aliphatic rings. The smallest absolute Gasteiger partial charge is 0.312 e. The zero-order valence-corrected chi connectivity index (χ0v) is 21.1. The second kappa shape index (κ2) is 9.60. The highest BCUT2D eigenvalue weighted by Gasteiger charge is 2.29. The molecule has 0 bridgehead atoms. The van der Waals surface area contributed by atoms with Crippen molar-refractivity contribution in [3.63, 3.8) is 0 Å². The van der Waals surface area contributed by atoms with Crippen LogP contribution in [0, 0.1) is 0 Å². The Morgan fingerprint density at radius 2 is 0.775 bits per heavy atom. The first-order valence-electron chi connectivity index (χ1n) is 12.8. The summed E-state index contributed by atoms with van der Waals surface area (Å²) in [7, 11) is 0. The number of hydrogen-bond acceptors (Lipinski definition) is 6. The van der Waals surface area contributed by atoms with Gasteiger partial charge in [-0.05, 0) is 44.8 Å². The maximum Gasteiger partial charge on any atom is 0.368 e. The van der Waals surface area contributed by atoms with Crippen LogP contribution in [-0.2, 0) is 19.3 Å². The van der Waals surface area contributed by atoms with Crippen LogP contribution in [0.5, 0.6) is 0 Å². The van der Waals surface area contributed by atoms with Crippen LogP contribution in [0.15, 0.2) is 131 Å². The predicted molar refractivity (Wildman–Crippen MR) is 156 cm³/mol. The summed E-state index contributed by atoms with van der Waals surface area (Å²) in [6.45, 7) is 0. The Labute approximate surface area is 229 Å². The molecule has 0 fully saturated rings. The van der Waals surface area contributed by atoms with E-state index in [1.165, 1.54) is 0 Å². The molecule has 0 spiro atoms. The first kappa shape index (κ1) is 23.5. The Morgan fingerprint density at radius 1 is 0.450 bits per heavy atom. The van der Waals surface area contributed by atoms with Crippen LogP contribution < -0.4 is 0 Å². The van der Waals surface area contributed by atoms with Gasteiger partial charge in [0.2, 0.25) is 0 Å². The SMILES string of the molecule is O=C1ON=C(c2ccccc2)/C1=C/c1c2ccccc2c(/C=C2\C(=O)ON=C2c2ccccc2)c2ccccc12. The fraction of sp³-hybridized carbons (Fsp3) is 0. The molecule has 2 aliphatic heterocycles. The van der Waals surface area contributed by atoms with E-state index in [2.05, 4.69) is 10.3 Å². The second-order valence-corrected chi connectivity index (χ2v) is 9.40. The van der Waals surface area contributed by atoms with Crippen molar-refractivity contribution < 1.29 is 19.3 Å². The molecule has 0 saturated heterocycles. The standard InChI is InChI=1S/C34H20N2O4/c37-33-29(31(35-39-33)21-11-3-1-4-12-21)19-27-23-15-7-9-17-25(23)28(26-18-10-8-16-24(26)27)20-30-32(36-40-34(30)38)22-13-5-2-6-14-22/h1-20H/b29-19-,30-20-. The summed E-state index contributed by atoms with van der Waals surface area (Å²) in [6.07, 6.45) is 3.70. The Kier molecular flexibility index (Phi) is 5.64. The van der Waals surface area contributed by atoms with Crippen molar-refractivity contribution in [2.24, 2.45) is 10.3 Å². The van der Waals surface area contributed by atoms with Gasteiger partial charge in [0.1, 0.15) is 11.4 Å². The zero-order chi connectivity index (χ0) is 27.1. The molecule has 0 radical (unpaired) electrons. The van der Waals surface area contributed by atoms with Gasteiger partial charge >= 0.3 is 11.9 Å². The summed E-state index contributed by atoms with van der Waals surface area (Å²) in [5, 5.41) is 11.8. The molecule has 7 rings (SSSR count). The molecule has 40 heavy (non-hydrogen) atoms. The molecule has 0 saturated carbocycles. The molecule has 190 valence electrons. The molecule has 2 heterocycles. The number of carbonyl (C=O) groups is 2. The molecule has 0 aromatic heterocycles. The van der Waals surface area contributed by atoms with Gasteiger partial charge in [-0.1, -0.05) is 120 Å². The lowest BCUT2D eigenvalue weighted by Crippen LogP contribution is -2.07. The quantitative estimate of drug-likeness (QED) is 0.150. The number of hydrogen-bond donors (Lipinski definition) is 0. The van der Waals surface area contributed by atoms with Crippen molar-refractivity contribution in [2.75, 3.05) is 0 Å². The normalized spacial score (nSPS) is 16.9. The van der Waals surface area contributed by atoms with E-state index in [0.717, 1.165) is 43.8 Å². The molecule has 6 heteroatoms. The third-order valence-corrected chi connectivity index (χ3v) is 7.08. The van der Waals surface area contributed by atoms with Gasteiger partial charge in [0.05, 0.1) is 11.1 Å². The molecular formula is C34H20N2O4. The Morgan fingerprint density at radius 3 is 1.12 bits per heavy atom. The summed E-state index contributed by atoms with van der Waals surface area (Å²) in [5.74, 6) is -1.01. The molecule has 0 aliphatic carbocycles. The van der Waals surface area contributed by atoms with E-state index < -0.39 is 11.9 Å². The number of nitrogens with zero attached hydrogens (tertiary/aromatic N) is 2. The molecule has 0 atom stereocenters. The summed E-state index contributed by atoms with van der Waals surface area (Å²) in [5.41, 5.74) is 5.04. The van der Waals surface area contributed by atoms with Gasteiger partial charge in [0, 0.05) is 11.1 Å². The summed E-state index contributed by atoms with van der Waals surface area (Å²) in [6, 6.07) is 34.8. The number of benzene rings is 5. The van der Waals surface area contributed by atoms with Gasteiger partial charge < -0.3 is 9.68 Å². The van der Waals surface area contributed by atoms with Crippen molar-refractivity contribution >= 4 is 57.1 Å². The second-order valence-electron chi connectivity index (χ2n) is 9.40. The van der Waals surface area contributed by atoms with E-state index in [0.29, 0.717) is 22.6 Å². The number of carbonyl (C=O) groups excluding carboxylic acids is 2. The van der Waals surface area contributed by atoms with Gasteiger partial charge in [-0.25, -0.2) is 9.59 Å². The van der Waals surface area contributed by atoms with E-state index in [-0.39, 0.29) is 0 Å². The Balaban J connectivity index is 1.47. The maximum atomic E-state index is 12.9. The summed E-state index contributed by atoms with van der Waals surface area (Å²) in [4.78, 5) is 35.9. The Bertz CT molecular complexity index is 1770. The van der Waals surface area contributed by atoms with Crippen LogP contribution in [0.1, 0.15) is 22.3 Å². The monoisotopic (exact) mass is 520 g/mol. The third kappa shape index (κ3) is 3.90. The van der Waals surface area contributed by atoms with Crippen LogP contribution in [0.25, 0.3) is 33.7 Å². The highest BCUT2D eigenvalue weighted by atomic mass is 16.7. The first-order chi connectivity index (χ1) is 19.7. The third-order valence-electron chi connectivity index (χ3n) is 7.08. The van der Waals surface area contributed by atoms with E-state index >= 15 is 0 Å². The topological polar surface area (TPSA) is 77.3 Å². The molecular weight excluding hydrogens is 500 g/mol. The van der Waals surface area contributed by atoms with E-state index in [9.17, 15) is 9.59 Å². The van der Waals surface area contributed by atoms with Crippen molar-refractivity contribution in [1.29, 1.82) is 0 Å². The lowest BCUT2D eigenvalue weighted by atomic mass is 9.88. The van der Waals surface area contributed by atoms with Crippen molar-refractivity contribution in [2.45, 2.75) is 0 Å². The zero-order valence-electron chi connectivity index (χ0n) is 21.1. The van der Waals surface area contributed by atoms with E-state index in [1.807, 2.05) is 121 Å². The summed E-state index contributed by atoms with van der Waals surface area (Å²) >= 11 is 0. The minimum absolute atomic E-state index is 0.380. The molecule has 0 N–H and O–H groups in total. The van der Waals surface area contributed by atoms with Gasteiger partial charge in [0.15, 0.2) is 0 Å². The molecule has 6 nitrogen and oxygen atoms in total. The summed E-state index contributed by atoms with van der Waals surface area (Å²) < 4.78 is 0. The van der Waals surface area contributed by atoms with E-state index in [1.54, 1.807) is 0 Å².